The number of hydrogen-bond acceptors (Lipinski definition) is 6. The summed E-state index contributed by atoms with van der Waals surface area (Å²) in [5, 5.41) is 13.6. The molecule has 4 rings (SSSR count). The lowest BCUT2D eigenvalue weighted by molar-refractivity contribution is -0.144. The molecular weight excluding hydrogens is 346 g/mol. The van der Waals surface area contributed by atoms with E-state index in [4.69, 9.17) is 0 Å². The maximum absolute atomic E-state index is 13.1. The third kappa shape index (κ3) is 3.32. The number of hydrogen-bond donors (Lipinski definition) is 1. The Morgan fingerprint density at radius 3 is 2.81 bits per heavy atom. The summed E-state index contributed by atoms with van der Waals surface area (Å²) in [6, 6.07) is -0.136. The minimum absolute atomic E-state index is 0.136. The van der Waals surface area contributed by atoms with Crippen molar-refractivity contribution in [2.24, 2.45) is 11.3 Å². The Labute approximate surface area is 161 Å². The molecule has 0 aromatic carbocycles. The molecule has 0 spiro atoms. The van der Waals surface area contributed by atoms with Crippen LogP contribution >= 0.6 is 11.8 Å². The van der Waals surface area contributed by atoms with Gasteiger partial charge in [-0.15, -0.1) is 11.8 Å². The van der Waals surface area contributed by atoms with E-state index >= 15 is 0 Å². The van der Waals surface area contributed by atoms with Crippen molar-refractivity contribution in [2.45, 2.75) is 56.3 Å². The molecule has 26 heavy (non-hydrogen) atoms. The number of piperazine rings is 2. The van der Waals surface area contributed by atoms with Gasteiger partial charge in [0.25, 0.3) is 0 Å². The zero-order chi connectivity index (χ0) is 18.3. The predicted octanol–water partition coefficient (Wildman–Crippen LogP) is 1.50. The number of carbonyl (C=O) groups is 1. The van der Waals surface area contributed by atoms with Gasteiger partial charge in [-0.05, 0) is 24.2 Å². The van der Waals surface area contributed by atoms with Crippen molar-refractivity contribution in [1.82, 2.24) is 20.0 Å². The first-order chi connectivity index (χ1) is 12.5. The smallest absolute Gasteiger partial charge is 0.242 e. The monoisotopic (exact) mass is 377 g/mol. The molecule has 1 amide bonds. The van der Waals surface area contributed by atoms with Gasteiger partial charge < -0.3 is 15.1 Å². The van der Waals surface area contributed by atoms with Gasteiger partial charge in [-0.2, -0.15) is 5.26 Å². The first kappa shape index (κ1) is 18.4. The quantitative estimate of drug-likeness (QED) is 0.736. The summed E-state index contributed by atoms with van der Waals surface area (Å²) in [5.74, 6) is 0.908. The molecule has 2 unspecified atom stereocenters. The van der Waals surface area contributed by atoms with E-state index in [1.54, 1.807) is 4.90 Å². The molecule has 1 saturated carbocycles. The summed E-state index contributed by atoms with van der Waals surface area (Å²) in [7, 11) is 0. The van der Waals surface area contributed by atoms with Crippen molar-refractivity contribution in [2.75, 3.05) is 39.3 Å². The molecule has 0 aromatic rings. The first-order valence-corrected chi connectivity index (χ1v) is 11.0. The van der Waals surface area contributed by atoms with Gasteiger partial charge in [-0.3, -0.25) is 9.69 Å². The topological polar surface area (TPSA) is 62.6 Å². The SMILES string of the molecule is CC1(C)CCCC[C@@H]1C1NCC(N2CCN3CCN(C#N)C[C@@H]3C2=O)S1. The Kier molecular flexibility index (Phi) is 5.10. The average Bonchev–Trinajstić information content (AvgIpc) is 3.11. The predicted molar refractivity (Wildman–Crippen MR) is 103 cm³/mol. The summed E-state index contributed by atoms with van der Waals surface area (Å²) >= 11 is 1.97. The standard InChI is InChI=1S/C19H31N5OS/c1-19(2)6-4-3-5-14(19)17-21-11-16(26-17)24-10-9-23-8-7-22(13-20)12-15(23)18(24)25/h14-17,21H,3-12H2,1-2H3/t14-,15-,16?,17?/m1/s1. The fourth-order valence-electron chi connectivity index (χ4n) is 5.22. The van der Waals surface area contributed by atoms with Gasteiger partial charge in [0, 0.05) is 32.7 Å². The molecule has 4 fully saturated rings. The zero-order valence-electron chi connectivity index (χ0n) is 16.0. The lowest BCUT2D eigenvalue weighted by atomic mass is 9.68. The van der Waals surface area contributed by atoms with E-state index in [0.717, 1.165) is 32.7 Å². The van der Waals surface area contributed by atoms with Crippen LogP contribution in [0.1, 0.15) is 39.5 Å². The van der Waals surface area contributed by atoms with Gasteiger partial charge in [-0.1, -0.05) is 26.7 Å². The maximum Gasteiger partial charge on any atom is 0.242 e. The van der Waals surface area contributed by atoms with Gasteiger partial charge in [0.1, 0.15) is 6.04 Å². The van der Waals surface area contributed by atoms with Crippen LogP contribution in [0.4, 0.5) is 0 Å². The van der Waals surface area contributed by atoms with Crippen molar-refractivity contribution >= 4 is 17.7 Å². The highest BCUT2D eigenvalue weighted by molar-refractivity contribution is 8.00. The van der Waals surface area contributed by atoms with E-state index in [-0.39, 0.29) is 17.3 Å². The van der Waals surface area contributed by atoms with Gasteiger partial charge >= 0.3 is 0 Å². The van der Waals surface area contributed by atoms with Crippen molar-refractivity contribution in [3.05, 3.63) is 0 Å². The number of thioether (sulfide) groups is 1. The highest BCUT2D eigenvalue weighted by Gasteiger charge is 2.46. The molecule has 0 radical (unpaired) electrons. The van der Waals surface area contributed by atoms with E-state index < -0.39 is 0 Å². The molecule has 144 valence electrons. The van der Waals surface area contributed by atoms with Gasteiger partial charge in [0.2, 0.25) is 5.91 Å². The molecule has 0 aromatic heterocycles. The van der Waals surface area contributed by atoms with E-state index in [9.17, 15) is 10.1 Å². The molecule has 7 heteroatoms. The second-order valence-corrected chi connectivity index (χ2v) is 10.2. The number of nitriles is 1. The molecule has 1 aliphatic carbocycles. The number of fused-ring (bicyclic) bond motifs is 1. The van der Waals surface area contributed by atoms with Crippen LogP contribution in [0.5, 0.6) is 0 Å². The highest BCUT2D eigenvalue weighted by Crippen LogP contribution is 2.47. The molecule has 3 aliphatic heterocycles. The van der Waals surface area contributed by atoms with Crippen molar-refractivity contribution in [1.29, 1.82) is 5.26 Å². The minimum atomic E-state index is -0.136. The molecule has 3 heterocycles. The van der Waals surface area contributed by atoms with Crippen LogP contribution in [-0.2, 0) is 4.79 Å². The lowest BCUT2D eigenvalue weighted by Crippen LogP contribution is -2.65. The third-order valence-electron chi connectivity index (χ3n) is 6.93. The van der Waals surface area contributed by atoms with Gasteiger partial charge in [0.15, 0.2) is 6.19 Å². The normalized spacial score (nSPS) is 38.1. The number of amides is 1. The second-order valence-electron chi connectivity index (χ2n) is 8.89. The Balaban J connectivity index is 1.41. The highest BCUT2D eigenvalue weighted by atomic mass is 32.2. The van der Waals surface area contributed by atoms with Crippen LogP contribution in [0.25, 0.3) is 0 Å². The largest absolute Gasteiger partial charge is 0.327 e. The fraction of sp³-hybridized carbons (Fsp3) is 0.895. The Hall–Kier alpha value is -0.970. The number of rotatable bonds is 2. The summed E-state index contributed by atoms with van der Waals surface area (Å²) in [5.41, 5.74) is 0.386. The Bertz CT molecular complexity index is 591. The van der Waals surface area contributed by atoms with Crippen LogP contribution in [0.2, 0.25) is 0 Å². The second kappa shape index (κ2) is 7.21. The Morgan fingerprint density at radius 1 is 1.23 bits per heavy atom. The number of nitrogens with zero attached hydrogens (tertiary/aromatic N) is 4. The number of carbonyl (C=O) groups excluding carboxylic acids is 1. The lowest BCUT2D eigenvalue weighted by Gasteiger charge is -2.46. The first-order valence-electron chi connectivity index (χ1n) is 10.1. The van der Waals surface area contributed by atoms with Crippen LogP contribution in [0, 0.1) is 22.8 Å². The third-order valence-corrected chi connectivity index (χ3v) is 8.45. The van der Waals surface area contributed by atoms with Crippen LogP contribution in [-0.4, -0.2) is 76.7 Å². The number of nitrogens with one attached hydrogen (secondary N) is 1. The van der Waals surface area contributed by atoms with E-state index in [1.807, 2.05) is 11.8 Å². The fourth-order valence-corrected chi connectivity index (χ4v) is 7.00. The van der Waals surface area contributed by atoms with E-state index in [1.165, 1.54) is 25.7 Å². The molecule has 1 N–H and O–H groups in total. The van der Waals surface area contributed by atoms with Gasteiger partial charge in [-0.25, -0.2) is 0 Å². The summed E-state index contributed by atoms with van der Waals surface area (Å²) in [6.45, 7) is 9.60. The Morgan fingerprint density at radius 2 is 2.04 bits per heavy atom. The molecule has 4 aliphatic rings. The molecule has 3 saturated heterocycles. The van der Waals surface area contributed by atoms with E-state index in [2.05, 4.69) is 35.2 Å². The van der Waals surface area contributed by atoms with Crippen LogP contribution < -0.4 is 5.32 Å². The maximum atomic E-state index is 13.1. The average molecular weight is 378 g/mol. The van der Waals surface area contributed by atoms with Gasteiger partial charge in [0.05, 0.1) is 17.3 Å². The molecular formula is C19H31N5OS. The minimum Gasteiger partial charge on any atom is -0.327 e. The summed E-state index contributed by atoms with van der Waals surface area (Å²) in [4.78, 5) is 19.2. The zero-order valence-corrected chi connectivity index (χ0v) is 16.8. The molecule has 6 nitrogen and oxygen atoms in total. The molecule has 4 atom stereocenters. The van der Waals surface area contributed by atoms with Crippen molar-refractivity contribution in [3.63, 3.8) is 0 Å². The van der Waals surface area contributed by atoms with Crippen molar-refractivity contribution < 1.29 is 4.79 Å². The van der Waals surface area contributed by atoms with Crippen LogP contribution in [0.15, 0.2) is 0 Å². The van der Waals surface area contributed by atoms with E-state index in [0.29, 0.717) is 23.3 Å². The van der Waals surface area contributed by atoms with Crippen LogP contribution in [0.3, 0.4) is 0 Å². The molecule has 0 bridgehead atoms. The van der Waals surface area contributed by atoms with Crippen molar-refractivity contribution in [3.8, 4) is 6.19 Å². The summed E-state index contributed by atoms with van der Waals surface area (Å²) in [6.07, 6.45) is 7.51. The summed E-state index contributed by atoms with van der Waals surface area (Å²) < 4.78 is 0.